The van der Waals surface area contributed by atoms with Gasteiger partial charge in [-0.1, -0.05) is 13.0 Å². The van der Waals surface area contributed by atoms with Gasteiger partial charge < -0.3 is 0 Å². The zero-order valence-electron chi connectivity index (χ0n) is 7.36. The Balaban J connectivity index is 2.57. The predicted octanol–water partition coefficient (Wildman–Crippen LogP) is 2.88. The average Bonchev–Trinajstić information content (AvgIpc) is 2.52. The summed E-state index contributed by atoms with van der Waals surface area (Å²) in [6.07, 6.45) is 4.25. The van der Waals surface area contributed by atoms with Crippen molar-refractivity contribution in [1.29, 1.82) is 0 Å². The second kappa shape index (κ2) is 2.89. The number of benzene rings is 1. The van der Waals surface area contributed by atoms with E-state index in [4.69, 9.17) is 0 Å². The Labute approximate surface area is 72.4 Å². The van der Waals surface area contributed by atoms with Gasteiger partial charge in [-0.25, -0.2) is 4.39 Å². The Morgan fingerprint density at radius 2 is 2.17 bits per heavy atom. The van der Waals surface area contributed by atoms with Gasteiger partial charge in [0.15, 0.2) is 0 Å². The Kier molecular flexibility index (Phi) is 1.87. The van der Waals surface area contributed by atoms with Crippen molar-refractivity contribution in [3.8, 4) is 0 Å². The Bertz CT molecular complexity index is 302. The topological polar surface area (TPSA) is 0 Å². The van der Waals surface area contributed by atoms with E-state index in [1.807, 2.05) is 13.0 Å². The quantitative estimate of drug-likeness (QED) is 0.598. The minimum absolute atomic E-state index is 0.0156. The highest BCUT2D eigenvalue weighted by atomic mass is 19.1. The van der Waals surface area contributed by atoms with Gasteiger partial charge in [-0.2, -0.15) is 0 Å². The molecular formula is C11H13F. The monoisotopic (exact) mass is 164 g/mol. The Hall–Kier alpha value is -0.850. The molecule has 0 atom stereocenters. The molecule has 0 saturated carbocycles. The Morgan fingerprint density at radius 3 is 2.92 bits per heavy atom. The number of halogens is 1. The van der Waals surface area contributed by atoms with Gasteiger partial charge in [0, 0.05) is 0 Å². The number of fused-ring (bicyclic) bond motifs is 1. The maximum absolute atomic E-state index is 13.2. The van der Waals surface area contributed by atoms with E-state index in [9.17, 15) is 4.39 Å². The first-order valence-electron chi connectivity index (χ1n) is 4.62. The van der Waals surface area contributed by atoms with Crippen LogP contribution in [0.3, 0.4) is 0 Å². The van der Waals surface area contributed by atoms with Gasteiger partial charge >= 0.3 is 0 Å². The lowest BCUT2D eigenvalue weighted by Gasteiger charge is -2.06. The van der Waals surface area contributed by atoms with Crippen LogP contribution < -0.4 is 0 Å². The molecule has 12 heavy (non-hydrogen) atoms. The van der Waals surface area contributed by atoms with Crippen molar-refractivity contribution in [3.63, 3.8) is 0 Å². The summed E-state index contributed by atoms with van der Waals surface area (Å²) in [7, 11) is 0. The van der Waals surface area contributed by atoms with Crippen molar-refractivity contribution in [3.05, 3.63) is 34.6 Å². The van der Waals surface area contributed by atoms with Gasteiger partial charge in [0.2, 0.25) is 0 Å². The van der Waals surface area contributed by atoms with Gasteiger partial charge in [-0.05, 0) is 48.4 Å². The van der Waals surface area contributed by atoms with Crippen molar-refractivity contribution in [2.45, 2.75) is 32.6 Å². The molecule has 1 aliphatic rings. The van der Waals surface area contributed by atoms with E-state index in [0.29, 0.717) is 0 Å². The lowest BCUT2D eigenvalue weighted by Crippen LogP contribution is -1.95. The lowest BCUT2D eigenvalue weighted by atomic mass is 10.0. The molecule has 0 saturated heterocycles. The van der Waals surface area contributed by atoms with Crippen molar-refractivity contribution < 1.29 is 4.39 Å². The van der Waals surface area contributed by atoms with Crippen LogP contribution in [-0.4, -0.2) is 0 Å². The highest BCUT2D eigenvalue weighted by Gasteiger charge is 2.16. The summed E-state index contributed by atoms with van der Waals surface area (Å²) >= 11 is 0. The summed E-state index contributed by atoms with van der Waals surface area (Å²) in [5, 5.41) is 0. The van der Waals surface area contributed by atoms with Crippen LogP contribution in [0, 0.1) is 5.82 Å². The largest absolute Gasteiger partial charge is 0.207 e. The molecule has 0 N–H and O–H groups in total. The van der Waals surface area contributed by atoms with Crippen LogP contribution in [0.1, 0.15) is 30.0 Å². The van der Waals surface area contributed by atoms with Gasteiger partial charge in [-0.3, -0.25) is 0 Å². The molecule has 2 rings (SSSR count). The summed E-state index contributed by atoms with van der Waals surface area (Å²) in [5.41, 5.74) is 3.61. The third kappa shape index (κ3) is 1.04. The van der Waals surface area contributed by atoms with E-state index >= 15 is 0 Å². The minimum atomic E-state index is -0.0156. The molecule has 1 aliphatic carbocycles. The van der Waals surface area contributed by atoms with E-state index in [1.165, 1.54) is 17.5 Å². The highest BCUT2D eigenvalue weighted by Crippen LogP contribution is 2.27. The van der Waals surface area contributed by atoms with Crippen molar-refractivity contribution in [2.24, 2.45) is 0 Å². The van der Waals surface area contributed by atoms with E-state index in [1.54, 1.807) is 6.07 Å². The molecule has 0 spiro atoms. The van der Waals surface area contributed by atoms with Gasteiger partial charge in [0.1, 0.15) is 5.82 Å². The van der Waals surface area contributed by atoms with E-state index < -0.39 is 0 Å². The summed E-state index contributed by atoms with van der Waals surface area (Å²) in [4.78, 5) is 0. The summed E-state index contributed by atoms with van der Waals surface area (Å²) in [6.45, 7) is 2.02. The fourth-order valence-corrected chi connectivity index (χ4v) is 2.10. The van der Waals surface area contributed by atoms with E-state index in [2.05, 4.69) is 0 Å². The number of hydrogen-bond acceptors (Lipinski definition) is 0. The molecule has 0 fully saturated rings. The molecule has 0 bridgehead atoms. The van der Waals surface area contributed by atoms with Gasteiger partial charge in [-0.15, -0.1) is 0 Å². The summed E-state index contributed by atoms with van der Waals surface area (Å²) in [6, 6.07) is 3.56. The molecule has 0 heterocycles. The molecule has 0 aliphatic heterocycles. The maximum Gasteiger partial charge on any atom is 0.126 e. The van der Waals surface area contributed by atoms with Crippen LogP contribution >= 0.6 is 0 Å². The van der Waals surface area contributed by atoms with Crippen molar-refractivity contribution in [1.82, 2.24) is 0 Å². The van der Waals surface area contributed by atoms with E-state index in [-0.39, 0.29) is 5.82 Å². The van der Waals surface area contributed by atoms with Crippen molar-refractivity contribution in [2.75, 3.05) is 0 Å². The fourth-order valence-electron chi connectivity index (χ4n) is 2.10. The zero-order valence-corrected chi connectivity index (χ0v) is 7.36. The van der Waals surface area contributed by atoms with Gasteiger partial charge in [0.05, 0.1) is 0 Å². The third-order valence-electron chi connectivity index (χ3n) is 2.70. The molecule has 64 valence electrons. The zero-order chi connectivity index (χ0) is 8.55. The van der Waals surface area contributed by atoms with Crippen LogP contribution in [0.25, 0.3) is 0 Å². The van der Waals surface area contributed by atoms with Gasteiger partial charge in [0.25, 0.3) is 0 Å². The van der Waals surface area contributed by atoms with Crippen LogP contribution in [0.5, 0.6) is 0 Å². The second-order valence-corrected chi connectivity index (χ2v) is 3.37. The lowest BCUT2D eigenvalue weighted by molar-refractivity contribution is 0.609. The summed E-state index contributed by atoms with van der Waals surface area (Å²) < 4.78 is 13.2. The highest BCUT2D eigenvalue weighted by molar-refractivity contribution is 5.39. The smallest absolute Gasteiger partial charge is 0.126 e. The SMILES string of the molecule is CCc1c(F)ccc2c1CCC2. The maximum atomic E-state index is 13.2. The second-order valence-electron chi connectivity index (χ2n) is 3.37. The molecular weight excluding hydrogens is 151 g/mol. The number of rotatable bonds is 1. The van der Waals surface area contributed by atoms with Crippen LogP contribution in [-0.2, 0) is 19.3 Å². The number of aryl methyl sites for hydroxylation is 1. The molecule has 1 aromatic rings. The predicted molar refractivity (Wildman–Crippen MR) is 47.8 cm³/mol. The fraction of sp³-hybridized carbons (Fsp3) is 0.455. The third-order valence-corrected chi connectivity index (χ3v) is 2.70. The van der Waals surface area contributed by atoms with Crippen molar-refractivity contribution >= 4 is 0 Å². The molecule has 0 aromatic heterocycles. The first kappa shape index (κ1) is 7.78. The normalized spacial score (nSPS) is 14.8. The Morgan fingerprint density at radius 1 is 1.33 bits per heavy atom. The van der Waals surface area contributed by atoms with Crippen LogP contribution in [0.2, 0.25) is 0 Å². The molecule has 0 radical (unpaired) electrons. The molecule has 0 nitrogen and oxygen atoms in total. The van der Waals surface area contributed by atoms with E-state index in [0.717, 1.165) is 24.8 Å². The van der Waals surface area contributed by atoms with Crippen LogP contribution in [0.15, 0.2) is 12.1 Å². The van der Waals surface area contributed by atoms with Crippen LogP contribution in [0.4, 0.5) is 4.39 Å². The molecule has 1 aromatic carbocycles. The summed E-state index contributed by atoms with van der Waals surface area (Å²) in [5.74, 6) is -0.0156. The first-order valence-corrected chi connectivity index (χ1v) is 4.62. The molecule has 0 unspecified atom stereocenters. The molecule has 1 heteroatoms. The molecule has 0 amide bonds. The average molecular weight is 164 g/mol. The minimum Gasteiger partial charge on any atom is -0.207 e. The standard InChI is InChI=1S/C11H13F/c1-2-9-10-5-3-4-8(10)6-7-11(9)12/h6-7H,2-5H2,1H3. The first-order chi connectivity index (χ1) is 5.83. The number of hydrogen-bond donors (Lipinski definition) is 0.